The molecule has 214 valence electrons. The number of nitrogens with one attached hydrogen (secondary N) is 1. The van der Waals surface area contributed by atoms with Gasteiger partial charge in [0.1, 0.15) is 11.9 Å². The number of nitrogens with zero attached hydrogens (tertiary/aromatic N) is 6. The maximum Gasteiger partial charge on any atom is 0.257 e. The minimum absolute atomic E-state index is 0.0134. The molecule has 0 aliphatic carbocycles. The SMILES string of the molecule is C=N/C=C(\C=N/CN)C(=O)NCN(C)C(=O)c1ccc(OCCCN2CCN([S+](C)[O-])CC2)c(OC)c1N=C. The Hall–Kier alpha value is -3.30. The van der Waals surface area contributed by atoms with Crippen LogP contribution in [0.5, 0.6) is 11.5 Å². The number of benzene rings is 1. The van der Waals surface area contributed by atoms with Crippen LogP contribution in [0.3, 0.4) is 0 Å². The fraction of sp³-hybridized carbons (Fsp3) is 0.480. The second-order valence-corrected chi connectivity index (χ2v) is 9.84. The number of aliphatic imine (C=N–C) groups is 3. The molecule has 1 atom stereocenters. The predicted octanol–water partition coefficient (Wildman–Crippen LogP) is 0.425. The molecule has 0 radical (unpaired) electrons. The maximum absolute atomic E-state index is 13.2. The van der Waals surface area contributed by atoms with Crippen molar-refractivity contribution in [3.63, 3.8) is 0 Å². The largest absolute Gasteiger partial charge is 0.598 e. The van der Waals surface area contributed by atoms with Crippen LogP contribution in [-0.4, -0.2) is 123 Å². The van der Waals surface area contributed by atoms with Gasteiger partial charge in [-0.3, -0.25) is 24.6 Å². The zero-order valence-corrected chi connectivity index (χ0v) is 23.6. The number of hydrogen-bond acceptors (Lipinski definition) is 11. The second-order valence-electron chi connectivity index (χ2n) is 8.48. The molecule has 2 amide bonds. The Morgan fingerprint density at radius 1 is 1.28 bits per heavy atom. The van der Waals surface area contributed by atoms with Crippen molar-refractivity contribution in [1.29, 1.82) is 0 Å². The van der Waals surface area contributed by atoms with E-state index in [0.29, 0.717) is 18.1 Å². The Balaban J connectivity index is 1.99. The lowest BCUT2D eigenvalue weighted by molar-refractivity contribution is -0.117. The van der Waals surface area contributed by atoms with Gasteiger partial charge in [0.05, 0.1) is 51.3 Å². The van der Waals surface area contributed by atoms with E-state index in [2.05, 4.69) is 38.6 Å². The minimum atomic E-state index is -0.930. The number of carbonyl (C=O) groups is 2. The summed E-state index contributed by atoms with van der Waals surface area (Å²) < 4.78 is 25.0. The minimum Gasteiger partial charge on any atom is -0.598 e. The Morgan fingerprint density at radius 2 is 2.00 bits per heavy atom. The summed E-state index contributed by atoms with van der Waals surface area (Å²) >= 11 is -0.930. The van der Waals surface area contributed by atoms with Gasteiger partial charge < -0.3 is 34.9 Å². The molecule has 1 aromatic carbocycles. The van der Waals surface area contributed by atoms with Crippen LogP contribution < -0.4 is 20.5 Å². The summed E-state index contributed by atoms with van der Waals surface area (Å²) in [5.74, 6) is -0.153. The quantitative estimate of drug-likeness (QED) is 0.102. The third-order valence-corrected chi connectivity index (χ3v) is 7.00. The standard InChI is InChI=1S/C25H38N8O5S/c1-27-15-19(16-29-17-26)24(34)30-18-31(3)25(35)20-7-8-21(23(37-4)22(20)28-2)38-14-6-9-32-10-12-33(13-11-32)39(5)36/h7-8,15-16H,1-2,6,9-14,17-18,26H2,3-5H3,(H,30,34)/b19-15+,29-16-. The van der Waals surface area contributed by atoms with Crippen molar-refractivity contribution < 1.29 is 23.6 Å². The number of amides is 2. The molecule has 1 saturated heterocycles. The molecule has 1 unspecified atom stereocenters. The van der Waals surface area contributed by atoms with E-state index in [1.54, 1.807) is 18.4 Å². The number of rotatable bonds is 15. The molecule has 1 fully saturated rings. The van der Waals surface area contributed by atoms with Crippen LogP contribution in [0, 0.1) is 0 Å². The molecule has 0 aromatic heterocycles. The molecule has 2 rings (SSSR count). The van der Waals surface area contributed by atoms with Crippen molar-refractivity contribution in [1.82, 2.24) is 19.4 Å². The molecule has 1 aliphatic heterocycles. The van der Waals surface area contributed by atoms with Gasteiger partial charge in [0, 0.05) is 50.5 Å². The first-order valence-electron chi connectivity index (χ1n) is 12.3. The van der Waals surface area contributed by atoms with Gasteiger partial charge in [-0.25, -0.2) is 0 Å². The van der Waals surface area contributed by atoms with E-state index in [1.807, 2.05) is 4.31 Å². The van der Waals surface area contributed by atoms with Gasteiger partial charge >= 0.3 is 0 Å². The smallest absolute Gasteiger partial charge is 0.257 e. The maximum atomic E-state index is 13.2. The Morgan fingerprint density at radius 3 is 2.59 bits per heavy atom. The first-order chi connectivity index (χ1) is 18.8. The fourth-order valence-electron chi connectivity index (χ4n) is 3.84. The van der Waals surface area contributed by atoms with Crippen LogP contribution in [-0.2, 0) is 16.2 Å². The topological polar surface area (TPSA) is 161 Å². The van der Waals surface area contributed by atoms with Crippen LogP contribution in [0.2, 0.25) is 0 Å². The number of ether oxygens (including phenoxy) is 2. The molecule has 13 nitrogen and oxygen atoms in total. The molecule has 1 aliphatic rings. The summed E-state index contributed by atoms with van der Waals surface area (Å²) in [6, 6.07) is 3.25. The predicted molar refractivity (Wildman–Crippen MR) is 155 cm³/mol. The molecular weight excluding hydrogens is 524 g/mol. The van der Waals surface area contributed by atoms with Crippen LogP contribution in [0.15, 0.2) is 38.9 Å². The molecule has 1 heterocycles. The molecule has 1 aromatic rings. The van der Waals surface area contributed by atoms with Crippen LogP contribution >= 0.6 is 0 Å². The van der Waals surface area contributed by atoms with E-state index in [4.69, 9.17) is 15.2 Å². The van der Waals surface area contributed by atoms with Gasteiger partial charge in [-0.15, -0.1) is 4.31 Å². The summed E-state index contributed by atoms with van der Waals surface area (Å²) in [7, 11) is 3.00. The van der Waals surface area contributed by atoms with Gasteiger partial charge in [-0.2, -0.15) is 0 Å². The van der Waals surface area contributed by atoms with Crippen molar-refractivity contribution in [2.24, 2.45) is 20.7 Å². The summed E-state index contributed by atoms with van der Waals surface area (Å²) in [4.78, 5) is 40.6. The molecule has 39 heavy (non-hydrogen) atoms. The lowest BCUT2D eigenvalue weighted by atomic mass is 10.1. The fourth-order valence-corrected chi connectivity index (χ4v) is 4.52. The highest BCUT2D eigenvalue weighted by molar-refractivity contribution is 7.88. The summed E-state index contributed by atoms with van der Waals surface area (Å²) in [6.45, 7) is 11.4. The van der Waals surface area contributed by atoms with Gasteiger partial charge in [0.25, 0.3) is 11.8 Å². The Labute approximate surface area is 232 Å². The van der Waals surface area contributed by atoms with E-state index in [-0.39, 0.29) is 30.2 Å². The first-order valence-corrected chi connectivity index (χ1v) is 13.8. The van der Waals surface area contributed by atoms with Crippen molar-refractivity contribution in [2.45, 2.75) is 6.42 Å². The molecule has 14 heteroatoms. The van der Waals surface area contributed by atoms with Gasteiger partial charge in [-0.1, -0.05) is 0 Å². The van der Waals surface area contributed by atoms with E-state index in [0.717, 1.165) is 39.1 Å². The van der Waals surface area contributed by atoms with Crippen molar-refractivity contribution >= 4 is 48.5 Å². The third kappa shape index (κ3) is 9.44. The first kappa shape index (κ1) is 31.9. The average Bonchev–Trinajstić information content (AvgIpc) is 2.95. The van der Waals surface area contributed by atoms with Gasteiger partial charge in [0.15, 0.2) is 11.5 Å². The summed E-state index contributed by atoms with van der Waals surface area (Å²) in [5.41, 5.74) is 5.97. The number of nitrogens with two attached hydrogens (primary N) is 1. The number of piperazine rings is 1. The highest BCUT2D eigenvalue weighted by Crippen LogP contribution is 2.40. The molecule has 0 saturated carbocycles. The van der Waals surface area contributed by atoms with E-state index in [9.17, 15) is 14.1 Å². The summed E-state index contributed by atoms with van der Waals surface area (Å²) in [6.07, 6.45) is 5.02. The normalized spacial score (nSPS) is 15.6. The number of methoxy groups -OCH3 is 1. The zero-order chi connectivity index (χ0) is 28.8. The average molecular weight is 563 g/mol. The summed E-state index contributed by atoms with van der Waals surface area (Å²) in [5, 5.41) is 2.63. The van der Waals surface area contributed by atoms with Gasteiger partial charge in [-0.05, 0) is 32.0 Å². The number of hydrogen-bond donors (Lipinski definition) is 2. The van der Waals surface area contributed by atoms with E-state index < -0.39 is 23.2 Å². The van der Waals surface area contributed by atoms with Crippen LogP contribution in [0.4, 0.5) is 5.69 Å². The zero-order valence-electron chi connectivity index (χ0n) is 22.8. The van der Waals surface area contributed by atoms with Crippen molar-refractivity contribution in [2.75, 3.05) is 73.1 Å². The van der Waals surface area contributed by atoms with Crippen molar-refractivity contribution in [3.8, 4) is 11.5 Å². The van der Waals surface area contributed by atoms with E-state index >= 15 is 0 Å². The second kappa shape index (κ2) is 16.6. The molecule has 0 spiro atoms. The highest BCUT2D eigenvalue weighted by Gasteiger charge is 2.24. The molecular formula is C25H38N8O5S. The van der Waals surface area contributed by atoms with Crippen LogP contribution in [0.25, 0.3) is 0 Å². The Bertz CT molecular complexity index is 1060. The Kier molecular flexibility index (Phi) is 13.6. The third-order valence-electron chi connectivity index (χ3n) is 5.91. The van der Waals surface area contributed by atoms with E-state index in [1.165, 1.54) is 31.5 Å². The van der Waals surface area contributed by atoms with Crippen LogP contribution in [0.1, 0.15) is 16.8 Å². The number of carbonyl (C=O) groups excluding carboxylic acids is 2. The van der Waals surface area contributed by atoms with Gasteiger partial charge in [0.2, 0.25) is 0 Å². The van der Waals surface area contributed by atoms with Crippen molar-refractivity contribution in [3.05, 3.63) is 29.5 Å². The lowest BCUT2D eigenvalue weighted by Crippen LogP contribution is -2.48. The lowest BCUT2D eigenvalue weighted by Gasteiger charge is -2.33. The molecule has 3 N–H and O–H groups in total. The monoisotopic (exact) mass is 562 g/mol. The highest BCUT2D eigenvalue weighted by atomic mass is 32.2. The molecule has 0 bridgehead atoms.